The first-order chi connectivity index (χ1) is 15.0. The fraction of sp³-hybridized carbons (Fsp3) is 0.478. The van der Waals surface area contributed by atoms with E-state index in [1.165, 1.54) is 27.6 Å². The second kappa shape index (κ2) is 9.62. The molecule has 31 heavy (non-hydrogen) atoms. The number of quaternary nitrogens is 2. The Kier molecular flexibility index (Phi) is 6.67. The lowest BCUT2D eigenvalue weighted by Crippen LogP contribution is -3.16. The van der Waals surface area contributed by atoms with Gasteiger partial charge in [-0.25, -0.2) is 4.39 Å². The molecule has 2 atom stereocenters. The fourth-order valence-electron chi connectivity index (χ4n) is 4.84. The Bertz CT molecular complexity index is 905. The van der Waals surface area contributed by atoms with Crippen LogP contribution in [0.4, 0.5) is 10.1 Å². The third kappa shape index (κ3) is 5.32. The van der Waals surface area contributed by atoms with Gasteiger partial charge in [-0.05, 0) is 36.4 Å². The summed E-state index contributed by atoms with van der Waals surface area (Å²) in [7, 11) is 2.07. The zero-order chi connectivity index (χ0) is 21.8. The molecule has 2 aliphatic rings. The molecule has 2 aliphatic heterocycles. The number of hydrogen-bond acceptors (Lipinski definition) is 2. The van der Waals surface area contributed by atoms with Gasteiger partial charge in [-0.15, -0.1) is 0 Å². The molecule has 1 aromatic heterocycles. The topological polar surface area (TPSA) is 63.2 Å². The average molecular weight is 430 g/mol. The van der Waals surface area contributed by atoms with E-state index in [4.69, 9.17) is 0 Å². The minimum Gasteiger partial charge on any atom is -0.350 e. The van der Waals surface area contributed by atoms with Crippen LogP contribution in [0.5, 0.6) is 0 Å². The van der Waals surface area contributed by atoms with Gasteiger partial charge in [0.05, 0.1) is 38.4 Å². The van der Waals surface area contributed by atoms with E-state index in [0.29, 0.717) is 37.9 Å². The average Bonchev–Trinajstić information content (AvgIpc) is 3.38. The summed E-state index contributed by atoms with van der Waals surface area (Å²) >= 11 is 0. The highest BCUT2D eigenvalue weighted by molar-refractivity contribution is 5.91. The summed E-state index contributed by atoms with van der Waals surface area (Å²) in [5, 5.41) is 2.81. The number of likely N-dealkylation sites (tertiary alicyclic amines) is 1. The van der Waals surface area contributed by atoms with Crippen LogP contribution in [0.15, 0.2) is 42.6 Å². The number of rotatable bonds is 6. The van der Waals surface area contributed by atoms with Crippen LogP contribution in [0.1, 0.15) is 24.6 Å². The molecule has 0 radical (unpaired) electrons. The monoisotopic (exact) mass is 429 g/mol. The maximum Gasteiger partial charge on any atom is 0.279 e. The van der Waals surface area contributed by atoms with Gasteiger partial charge < -0.3 is 24.6 Å². The number of halogens is 1. The lowest BCUT2D eigenvalue weighted by atomic mass is 10.1. The lowest BCUT2D eigenvalue weighted by Gasteiger charge is -2.32. The Morgan fingerprint density at radius 1 is 1.10 bits per heavy atom. The number of piperazine rings is 1. The van der Waals surface area contributed by atoms with Crippen LogP contribution < -0.4 is 15.1 Å². The van der Waals surface area contributed by atoms with Crippen molar-refractivity contribution in [3.8, 4) is 0 Å². The first-order valence-corrected chi connectivity index (χ1v) is 11.1. The Labute approximate surface area is 182 Å². The molecular weight excluding hydrogens is 397 g/mol. The van der Waals surface area contributed by atoms with Gasteiger partial charge in [-0.3, -0.25) is 9.59 Å². The Morgan fingerprint density at radius 2 is 1.84 bits per heavy atom. The zero-order valence-corrected chi connectivity index (χ0v) is 18.1. The highest BCUT2D eigenvalue weighted by Gasteiger charge is 2.35. The van der Waals surface area contributed by atoms with Crippen molar-refractivity contribution in [2.45, 2.75) is 18.9 Å². The third-order valence-electron chi connectivity index (χ3n) is 6.56. The molecule has 1 aromatic carbocycles. The minimum atomic E-state index is -0.324. The summed E-state index contributed by atoms with van der Waals surface area (Å²) in [4.78, 5) is 29.7. The predicted molar refractivity (Wildman–Crippen MR) is 115 cm³/mol. The first kappa shape index (κ1) is 21.5. The number of amides is 2. The van der Waals surface area contributed by atoms with Gasteiger partial charge >= 0.3 is 0 Å². The number of carbonyl (C=O) groups is 2. The van der Waals surface area contributed by atoms with Gasteiger partial charge in [-0.2, -0.15) is 0 Å². The SMILES string of the molecule is Cn1cccc1[C@H]1CCC[NH+]1CC(=O)N1CC[NH+](CC(=O)Nc2ccc(F)cc2)CC1. The van der Waals surface area contributed by atoms with E-state index >= 15 is 0 Å². The van der Waals surface area contributed by atoms with Crippen LogP contribution in [0.3, 0.4) is 0 Å². The number of anilines is 1. The first-order valence-electron chi connectivity index (χ1n) is 11.1. The number of aryl methyl sites for hydroxylation is 1. The van der Waals surface area contributed by atoms with Crippen LogP contribution in [0, 0.1) is 5.82 Å². The van der Waals surface area contributed by atoms with E-state index in [1.54, 1.807) is 12.1 Å². The quantitative estimate of drug-likeness (QED) is 0.566. The summed E-state index contributed by atoms with van der Waals surface area (Å²) in [6.07, 6.45) is 4.35. The molecule has 2 fully saturated rings. The molecule has 166 valence electrons. The molecule has 0 saturated carbocycles. The fourth-order valence-corrected chi connectivity index (χ4v) is 4.84. The summed E-state index contributed by atoms with van der Waals surface area (Å²) in [6.45, 7) is 4.82. The van der Waals surface area contributed by atoms with Crippen molar-refractivity contribution in [3.05, 3.63) is 54.1 Å². The summed E-state index contributed by atoms with van der Waals surface area (Å²) in [6, 6.07) is 10.4. The van der Waals surface area contributed by atoms with E-state index in [0.717, 1.165) is 32.5 Å². The van der Waals surface area contributed by atoms with Crippen molar-refractivity contribution in [1.82, 2.24) is 9.47 Å². The van der Waals surface area contributed by atoms with Crippen LogP contribution in [0.25, 0.3) is 0 Å². The van der Waals surface area contributed by atoms with E-state index in [2.05, 4.69) is 35.3 Å². The lowest BCUT2D eigenvalue weighted by molar-refractivity contribution is -0.911. The van der Waals surface area contributed by atoms with Crippen molar-refractivity contribution < 1.29 is 23.8 Å². The van der Waals surface area contributed by atoms with Crippen molar-refractivity contribution in [1.29, 1.82) is 0 Å². The van der Waals surface area contributed by atoms with Gasteiger partial charge in [-0.1, -0.05) is 0 Å². The van der Waals surface area contributed by atoms with Crippen molar-refractivity contribution >= 4 is 17.5 Å². The maximum absolute atomic E-state index is 13.0. The minimum absolute atomic E-state index is 0.0895. The molecule has 3 N–H and O–H groups in total. The molecule has 1 unspecified atom stereocenters. The van der Waals surface area contributed by atoms with Gasteiger partial charge in [0.1, 0.15) is 11.9 Å². The summed E-state index contributed by atoms with van der Waals surface area (Å²) in [5.41, 5.74) is 1.91. The molecule has 2 amide bonds. The summed E-state index contributed by atoms with van der Waals surface area (Å²) < 4.78 is 15.2. The third-order valence-corrected chi connectivity index (χ3v) is 6.56. The molecule has 4 rings (SSSR count). The largest absolute Gasteiger partial charge is 0.350 e. The number of aromatic nitrogens is 1. The van der Waals surface area contributed by atoms with Crippen molar-refractivity contribution in [2.75, 3.05) is 51.1 Å². The van der Waals surface area contributed by atoms with E-state index < -0.39 is 0 Å². The van der Waals surface area contributed by atoms with Crippen LogP contribution >= 0.6 is 0 Å². The van der Waals surface area contributed by atoms with Gasteiger partial charge in [0.15, 0.2) is 13.1 Å². The second-order valence-corrected chi connectivity index (χ2v) is 8.69. The molecular formula is C23H32FN5O2+2. The second-order valence-electron chi connectivity index (χ2n) is 8.69. The number of benzene rings is 1. The molecule has 7 nitrogen and oxygen atoms in total. The molecule has 3 heterocycles. The number of nitrogens with zero attached hydrogens (tertiary/aromatic N) is 2. The van der Waals surface area contributed by atoms with Crippen LogP contribution in [-0.4, -0.2) is 67.1 Å². The van der Waals surface area contributed by atoms with Crippen molar-refractivity contribution in [3.63, 3.8) is 0 Å². The van der Waals surface area contributed by atoms with Crippen molar-refractivity contribution in [2.24, 2.45) is 7.05 Å². The molecule has 2 saturated heterocycles. The van der Waals surface area contributed by atoms with Crippen LogP contribution in [0.2, 0.25) is 0 Å². The smallest absolute Gasteiger partial charge is 0.279 e. The molecule has 2 aromatic rings. The summed E-state index contributed by atoms with van der Waals surface area (Å²) in [5.74, 6) is -0.200. The normalized spacial score (nSPS) is 21.9. The number of nitrogens with one attached hydrogen (secondary N) is 3. The van der Waals surface area contributed by atoms with Gasteiger partial charge in [0.2, 0.25) is 0 Å². The standard InChI is InChI=1S/C23H30FN5O2/c1-26-10-2-4-20(26)21-5-3-11-29(21)17-23(31)28-14-12-27(13-15-28)16-22(30)25-19-8-6-18(24)7-9-19/h2,4,6-10,21H,3,5,11-17H2,1H3,(H,25,30)/p+2/t21-/m1/s1. The Morgan fingerprint density at radius 3 is 2.52 bits per heavy atom. The molecule has 0 bridgehead atoms. The maximum atomic E-state index is 13.0. The Balaban J connectivity index is 1.23. The van der Waals surface area contributed by atoms with Crippen LogP contribution in [-0.2, 0) is 16.6 Å². The van der Waals surface area contributed by atoms with Gasteiger partial charge in [0.25, 0.3) is 11.8 Å². The van der Waals surface area contributed by atoms with E-state index in [9.17, 15) is 14.0 Å². The van der Waals surface area contributed by atoms with E-state index in [1.807, 2.05) is 4.90 Å². The highest BCUT2D eigenvalue weighted by atomic mass is 19.1. The number of carbonyl (C=O) groups excluding carboxylic acids is 2. The molecule has 8 heteroatoms. The molecule has 0 aliphatic carbocycles. The number of hydrogen-bond donors (Lipinski definition) is 3. The Hall–Kier alpha value is -2.71. The predicted octanol–water partition coefficient (Wildman–Crippen LogP) is -0.750. The molecule has 0 spiro atoms. The zero-order valence-electron chi connectivity index (χ0n) is 18.1. The highest BCUT2D eigenvalue weighted by Crippen LogP contribution is 2.19. The van der Waals surface area contributed by atoms with Gasteiger partial charge in [0, 0.05) is 31.8 Å². The van der Waals surface area contributed by atoms with E-state index in [-0.39, 0.29) is 17.6 Å².